The molecule has 0 amide bonds. The van der Waals surface area contributed by atoms with E-state index in [0.29, 0.717) is 5.92 Å². The highest BCUT2D eigenvalue weighted by atomic mass is 35.5. The van der Waals surface area contributed by atoms with Crippen LogP contribution < -0.4 is 4.72 Å². The summed E-state index contributed by atoms with van der Waals surface area (Å²) in [4.78, 5) is 10.8. The molecule has 2 N–H and O–H groups in total. The van der Waals surface area contributed by atoms with Gasteiger partial charge in [-0.2, -0.15) is 0 Å². The summed E-state index contributed by atoms with van der Waals surface area (Å²) in [6.45, 7) is 1.84. The Kier molecular flexibility index (Phi) is 4.91. The van der Waals surface area contributed by atoms with Gasteiger partial charge in [0.05, 0.1) is 10.6 Å². The molecule has 1 fully saturated rings. The van der Waals surface area contributed by atoms with Crippen molar-refractivity contribution in [1.82, 2.24) is 4.72 Å². The first-order chi connectivity index (χ1) is 9.81. The molecule has 2 rings (SSSR count). The third-order valence-corrected chi connectivity index (χ3v) is 5.96. The number of carboxylic acid groups (broad SMARTS) is 1. The second-order valence-electron chi connectivity index (χ2n) is 5.40. The molecule has 1 atom stereocenters. The maximum absolute atomic E-state index is 12.4. The number of carboxylic acids is 1. The van der Waals surface area contributed by atoms with Crippen LogP contribution in [0.15, 0.2) is 23.1 Å². The van der Waals surface area contributed by atoms with Crippen LogP contribution in [0.5, 0.6) is 0 Å². The normalized spacial score (nSPS) is 17.8. The van der Waals surface area contributed by atoms with Crippen LogP contribution in [-0.2, 0) is 10.0 Å². The quantitative estimate of drug-likeness (QED) is 0.869. The Morgan fingerprint density at radius 3 is 2.57 bits per heavy atom. The Labute approximate surface area is 129 Å². The van der Waals surface area contributed by atoms with Gasteiger partial charge in [0.1, 0.15) is 4.90 Å². The highest BCUT2D eigenvalue weighted by Gasteiger charge is 2.27. The number of carbonyl (C=O) groups is 1. The van der Waals surface area contributed by atoms with Crippen molar-refractivity contribution < 1.29 is 18.3 Å². The molecule has 0 heterocycles. The van der Waals surface area contributed by atoms with E-state index in [4.69, 9.17) is 16.7 Å². The maximum atomic E-state index is 12.4. The van der Waals surface area contributed by atoms with Crippen molar-refractivity contribution in [2.75, 3.05) is 0 Å². The summed E-state index contributed by atoms with van der Waals surface area (Å²) < 4.78 is 27.4. The number of rotatable bonds is 5. The van der Waals surface area contributed by atoms with E-state index in [-0.39, 0.29) is 21.5 Å². The lowest BCUT2D eigenvalue weighted by Gasteiger charge is -2.20. The molecule has 0 bridgehead atoms. The Balaban J connectivity index is 2.26. The second-order valence-corrected chi connectivity index (χ2v) is 7.49. The second kappa shape index (κ2) is 6.34. The molecule has 1 aliphatic rings. The minimum absolute atomic E-state index is 0.0196. The fourth-order valence-corrected chi connectivity index (χ4v) is 4.54. The average Bonchev–Trinajstić information content (AvgIpc) is 2.92. The van der Waals surface area contributed by atoms with Gasteiger partial charge in [-0.05, 0) is 43.9 Å². The van der Waals surface area contributed by atoms with E-state index in [0.717, 1.165) is 31.7 Å². The van der Waals surface area contributed by atoms with Gasteiger partial charge >= 0.3 is 5.97 Å². The third kappa shape index (κ3) is 3.75. The van der Waals surface area contributed by atoms with Gasteiger partial charge in [0.25, 0.3) is 0 Å². The molecule has 0 radical (unpaired) electrons. The minimum atomic E-state index is -3.83. The van der Waals surface area contributed by atoms with Gasteiger partial charge in [-0.15, -0.1) is 0 Å². The predicted octanol–water partition coefficient (Wildman–Crippen LogP) is 2.90. The molecule has 0 spiro atoms. The number of aromatic carboxylic acids is 1. The summed E-state index contributed by atoms with van der Waals surface area (Å²) in [6, 6.07) is 3.47. The topological polar surface area (TPSA) is 83.5 Å². The zero-order chi connectivity index (χ0) is 15.6. The number of hydrogen-bond acceptors (Lipinski definition) is 3. The zero-order valence-corrected chi connectivity index (χ0v) is 13.2. The Morgan fingerprint density at radius 1 is 1.38 bits per heavy atom. The molecular formula is C14H18ClNO4S. The fraction of sp³-hybridized carbons (Fsp3) is 0.500. The van der Waals surface area contributed by atoms with E-state index in [1.54, 1.807) is 0 Å². The number of nitrogens with one attached hydrogen (secondary N) is 1. The van der Waals surface area contributed by atoms with Crippen molar-refractivity contribution in [3.63, 3.8) is 0 Å². The standard InChI is InChI=1S/C14H18ClNO4S/c1-9(10-4-2-3-5-10)16-21(19,20)13-8-11(14(17)18)6-7-12(13)15/h6-10,16H,2-5H2,1H3,(H,17,18)/t9-/m0/s1. The summed E-state index contributed by atoms with van der Waals surface area (Å²) in [5.74, 6) is -0.867. The molecule has 21 heavy (non-hydrogen) atoms. The average molecular weight is 332 g/mol. The molecule has 1 aromatic rings. The van der Waals surface area contributed by atoms with Crippen LogP contribution in [0.25, 0.3) is 0 Å². The molecule has 1 aliphatic carbocycles. The van der Waals surface area contributed by atoms with Crippen LogP contribution in [0.4, 0.5) is 0 Å². The first-order valence-corrected chi connectivity index (χ1v) is 8.72. The number of hydrogen-bond donors (Lipinski definition) is 2. The summed E-state index contributed by atoms with van der Waals surface area (Å²) in [7, 11) is -3.83. The van der Waals surface area contributed by atoms with Gasteiger partial charge in [0.2, 0.25) is 10.0 Å². The van der Waals surface area contributed by atoms with Crippen LogP contribution in [-0.4, -0.2) is 25.5 Å². The van der Waals surface area contributed by atoms with Crippen LogP contribution in [0.3, 0.4) is 0 Å². The first-order valence-electron chi connectivity index (χ1n) is 6.86. The Morgan fingerprint density at radius 2 is 2.00 bits per heavy atom. The molecule has 0 unspecified atom stereocenters. The van der Waals surface area contributed by atoms with E-state index < -0.39 is 16.0 Å². The highest BCUT2D eigenvalue weighted by molar-refractivity contribution is 7.89. The molecule has 1 saturated carbocycles. The number of benzene rings is 1. The van der Waals surface area contributed by atoms with Gasteiger partial charge in [-0.25, -0.2) is 17.9 Å². The Bertz CT molecular complexity index is 638. The summed E-state index contributed by atoms with van der Waals surface area (Å²) in [5, 5.41) is 8.98. The monoisotopic (exact) mass is 331 g/mol. The van der Waals surface area contributed by atoms with Gasteiger partial charge in [-0.3, -0.25) is 0 Å². The third-order valence-electron chi connectivity index (χ3n) is 3.92. The number of halogens is 1. The smallest absolute Gasteiger partial charge is 0.335 e. The summed E-state index contributed by atoms with van der Waals surface area (Å²) >= 11 is 5.92. The van der Waals surface area contributed by atoms with Gasteiger partial charge in [0.15, 0.2) is 0 Å². The zero-order valence-electron chi connectivity index (χ0n) is 11.7. The van der Waals surface area contributed by atoms with Crippen molar-refractivity contribution >= 4 is 27.6 Å². The fourth-order valence-electron chi connectivity index (χ4n) is 2.70. The lowest BCUT2D eigenvalue weighted by atomic mass is 10.0. The van der Waals surface area contributed by atoms with E-state index in [9.17, 15) is 13.2 Å². The highest BCUT2D eigenvalue weighted by Crippen LogP contribution is 2.29. The molecule has 7 heteroatoms. The molecule has 0 saturated heterocycles. The van der Waals surface area contributed by atoms with E-state index in [1.807, 2.05) is 6.92 Å². The van der Waals surface area contributed by atoms with Crippen molar-refractivity contribution in [3.05, 3.63) is 28.8 Å². The number of sulfonamides is 1. The van der Waals surface area contributed by atoms with Gasteiger partial charge < -0.3 is 5.11 Å². The maximum Gasteiger partial charge on any atom is 0.335 e. The van der Waals surface area contributed by atoms with Crippen molar-refractivity contribution in [1.29, 1.82) is 0 Å². The molecular weight excluding hydrogens is 314 g/mol. The molecule has 5 nitrogen and oxygen atoms in total. The van der Waals surface area contributed by atoms with Crippen molar-refractivity contribution in [2.24, 2.45) is 5.92 Å². The lowest BCUT2D eigenvalue weighted by Crippen LogP contribution is -2.37. The van der Waals surface area contributed by atoms with Gasteiger partial charge in [-0.1, -0.05) is 24.4 Å². The molecule has 1 aromatic carbocycles. The van der Waals surface area contributed by atoms with Crippen molar-refractivity contribution in [2.45, 2.75) is 43.5 Å². The lowest BCUT2D eigenvalue weighted by molar-refractivity contribution is 0.0696. The van der Waals surface area contributed by atoms with E-state index in [1.165, 1.54) is 12.1 Å². The van der Waals surface area contributed by atoms with Crippen LogP contribution >= 0.6 is 11.6 Å². The van der Waals surface area contributed by atoms with E-state index in [2.05, 4.69) is 4.72 Å². The predicted molar refractivity (Wildman–Crippen MR) is 80.2 cm³/mol. The van der Waals surface area contributed by atoms with E-state index >= 15 is 0 Å². The van der Waals surface area contributed by atoms with Gasteiger partial charge in [0, 0.05) is 6.04 Å². The largest absolute Gasteiger partial charge is 0.478 e. The van der Waals surface area contributed by atoms with Crippen LogP contribution in [0, 0.1) is 5.92 Å². The SMILES string of the molecule is C[C@H](NS(=O)(=O)c1cc(C(=O)O)ccc1Cl)C1CCCC1. The molecule has 0 aliphatic heterocycles. The van der Waals surface area contributed by atoms with Crippen molar-refractivity contribution in [3.8, 4) is 0 Å². The first kappa shape index (κ1) is 16.3. The van der Waals surface area contributed by atoms with Crippen LogP contribution in [0.1, 0.15) is 43.0 Å². The molecule has 116 valence electrons. The van der Waals surface area contributed by atoms with Crippen LogP contribution in [0.2, 0.25) is 5.02 Å². The summed E-state index contributed by atoms with van der Waals surface area (Å²) in [5.41, 5.74) is -0.103. The molecule has 0 aromatic heterocycles. The minimum Gasteiger partial charge on any atom is -0.478 e. The Hall–Kier alpha value is -1.11. The summed E-state index contributed by atoms with van der Waals surface area (Å²) in [6.07, 6.45) is 4.25.